The summed E-state index contributed by atoms with van der Waals surface area (Å²) in [4.78, 5) is 21.3. The van der Waals surface area contributed by atoms with Crippen LogP contribution in [-0.4, -0.2) is 27.0 Å². The van der Waals surface area contributed by atoms with E-state index in [-0.39, 0.29) is 5.91 Å². The van der Waals surface area contributed by atoms with Crippen LogP contribution in [0.2, 0.25) is 5.02 Å². The van der Waals surface area contributed by atoms with Gasteiger partial charge >= 0.3 is 0 Å². The van der Waals surface area contributed by atoms with Gasteiger partial charge in [-0.1, -0.05) is 60.6 Å². The van der Waals surface area contributed by atoms with E-state index in [0.29, 0.717) is 18.7 Å². The first-order valence-corrected chi connectivity index (χ1v) is 11.6. The molecule has 5 nitrogen and oxygen atoms in total. The van der Waals surface area contributed by atoms with Gasteiger partial charge in [0.15, 0.2) is 5.16 Å². The number of hydrogen-bond donors (Lipinski definition) is 1. The average molecular weight is 451 g/mol. The molecule has 0 saturated heterocycles. The Hall–Kier alpha value is -2.83. The van der Waals surface area contributed by atoms with E-state index in [1.807, 2.05) is 67.7 Å². The van der Waals surface area contributed by atoms with Crippen molar-refractivity contribution in [1.29, 1.82) is 0 Å². The number of pyridine rings is 1. The van der Waals surface area contributed by atoms with E-state index < -0.39 is 0 Å². The number of halogens is 1. The highest BCUT2D eigenvalue weighted by Gasteiger charge is 2.13. The van der Waals surface area contributed by atoms with Crippen molar-refractivity contribution in [1.82, 2.24) is 19.9 Å². The molecular weight excluding hydrogens is 428 g/mol. The van der Waals surface area contributed by atoms with Crippen LogP contribution in [0.4, 0.5) is 0 Å². The van der Waals surface area contributed by atoms with E-state index in [2.05, 4.69) is 14.9 Å². The molecule has 7 heteroatoms. The Morgan fingerprint density at radius 3 is 2.71 bits per heavy atom. The zero-order valence-corrected chi connectivity index (χ0v) is 18.8. The Bertz CT molecular complexity index is 1190. The highest BCUT2D eigenvalue weighted by molar-refractivity contribution is 7.98. The summed E-state index contributed by atoms with van der Waals surface area (Å²) in [5.74, 6) is 0.689. The van der Waals surface area contributed by atoms with Gasteiger partial charge in [0.1, 0.15) is 0 Å². The minimum absolute atomic E-state index is 0.0401. The molecule has 2 aromatic carbocycles. The molecular formula is C24H23ClN4OS. The van der Waals surface area contributed by atoms with E-state index >= 15 is 0 Å². The normalized spacial score (nSPS) is 11.0. The largest absolute Gasteiger partial charge is 0.352 e. The SMILES string of the molecule is CCCNC(=O)c1ccc(Cn2c(SCc3ccccc3Cl)nc3ccncc32)cc1. The molecule has 0 atom stereocenters. The molecule has 4 aromatic rings. The molecule has 2 heterocycles. The first-order valence-electron chi connectivity index (χ1n) is 10.2. The summed E-state index contributed by atoms with van der Waals surface area (Å²) in [5.41, 5.74) is 4.73. The predicted octanol–water partition coefficient (Wildman–Crippen LogP) is 5.57. The van der Waals surface area contributed by atoms with Gasteiger partial charge in [-0.05, 0) is 41.8 Å². The number of amides is 1. The van der Waals surface area contributed by atoms with Crippen LogP contribution in [0.3, 0.4) is 0 Å². The summed E-state index contributed by atoms with van der Waals surface area (Å²) in [6.45, 7) is 3.36. The second-order valence-corrected chi connectivity index (χ2v) is 8.53. The fourth-order valence-electron chi connectivity index (χ4n) is 3.25. The maximum absolute atomic E-state index is 12.2. The maximum Gasteiger partial charge on any atom is 0.251 e. The first kappa shape index (κ1) is 21.4. The van der Waals surface area contributed by atoms with Gasteiger partial charge in [-0.2, -0.15) is 0 Å². The molecule has 0 bridgehead atoms. The highest BCUT2D eigenvalue weighted by Crippen LogP contribution is 2.29. The lowest BCUT2D eigenvalue weighted by molar-refractivity contribution is 0.0953. The van der Waals surface area contributed by atoms with Gasteiger partial charge in [0, 0.05) is 29.1 Å². The minimum atomic E-state index is -0.0401. The molecule has 0 unspecified atom stereocenters. The molecule has 0 radical (unpaired) electrons. The van der Waals surface area contributed by atoms with Crippen LogP contribution in [0, 0.1) is 0 Å². The third kappa shape index (κ3) is 5.09. The highest BCUT2D eigenvalue weighted by atomic mass is 35.5. The van der Waals surface area contributed by atoms with Gasteiger partial charge in [0.25, 0.3) is 5.91 Å². The number of nitrogens with zero attached hydrogens (tertiary/aromatic N) is 3. The summed E-state index contributed by atoms with van der Waals surface area (Å²) in [7, 11) is 0. The fraction of sp³-hybridized carbons (Fsp3) is 0.208. The molecule has 0 saturated carbocycles. The molecule has 0 aliphatic heterocycles. The summed E-state index contributed by atoms with van der Waals surface area (Å²) in [6.07, 6.45) is 4.51. The van der Waals surface area contributed by atoms with Crippen LogP contribution >= 0.6 is 23.4 Å². The number of imidazole rings is 1. The molecule has 4 rings (SSSR count). The Labute approximate surface area is 190 Å². The molecule has 0 aliphatic rings. The minimum Gasteiger partial charge on any atom is -0.352 e. The molecule has 0 fully saturated rings. The molecule has 0 aliphatic carbocycles. The van der Waals surface area contributed by atoms with E-state index in [0.717, 1.165) is 44.5 Å². The number of carbonyl (C=O) groups is 1. The first-order chi connectivity index (χ1) is 15.2. The van der Waals surface area contributed by atoms with Crippen molar-refractivity contribution in [2.75, 3.05) is 6.54 Å². The number of aromatic nitrogens is 3. The Morgan fingerprint density at radius 1 is 1.13 bits per heavy atom. The monoisotopic (exact) mass is 450 g/mol. The number of fused-ring (bicyclic) bond motifs is 1. The van der Waals surface area contributed by atoms with E-state index in [9.17, 15) is 4.79 Å². The fourth-order valence-corrected chi connectivity index (χ4v) is 4.55. The van der Waals surface area contributed by atoms with Crippen molar-refractivity contribution >= 4 is 40.3 Å². The Kier molecular flexibility index (Phi) is 6.89. The van der Waals surface area contributed by atoms with Crippen LogP contribution < -0.4 is 5.32 Å². The summed E-state index contributed by atoms with van der Waals surface area (Å²) in [5, 5.41) is 4.58. The third-order valence-electron chi connectivity index (χ3n) is 4.92. The number of carbonyl (C=O) groups excluding carboxylic acids is 1. The standard InChI is InChI=1S/C24H23ClN4OS/c1-2-12-27-23(30)18-9-7-17(8-10-18)15-29-22-14-26-13-11-21(22)28-24(29)31-16-19-5-3-4-6-20(19)25/h3-11,13-14H,2,12,15-16H2,1H3,(H,27,30). The Morgan fingerprint density at radius 2 is 1.94 bits per heavy atom. The van der Waals surface area contributed by atoms with Gasteiger partial charge in [0.05, 0.1) is 23.8 Å². The van der Waals surface area contributed by atoms with Crippen molar-refractivity contribution in [2.45, 2.75) is 30.8 Å². The second-order valence-electron chi connectivity index (χ2n) is 7.18. The lowest BCUT2D eigenvalue weighted by Crippen LogP contribution is -2.23. The topological polar surface area (TPSA) is 59.8 Å². The smallest absolute Gasteiger partial charge is 0.251 e. The molecule has 158 valence electrons. The van der Waals surface area contributed by atoms with Crippen molar-refractivity contribution in [3.63, 3.8) is 0 Å². The van der Waals surface area contributed by atoms with Gasteiger partial charge in [-0.3, -0.25) is 9.78 Å². The number of benzene rings is 2. The maximum atomic E-state index is 12.2. The average Bonchev–Trinajstić information content (AvgIpc) is 3.14. The zero-order chi connectivity index (χ0) is 21.6. The number of nitrogens with one attached hydrogen (secondary N) is 1. The van der Waals surface area contributed by atoms with Crippen molar-refractivity contribution in [3.8, 4) is 0 Å². The van der Waals surface area contributed by atoms with Crippen LogP contribution in [0.5, 0.6) is 0 Å². The molecule has 2 aromatic heterocycles. The second kappa shape index (κ2) is 9.98. The molecule has 1 N–H and O–H groups in total. The van der Waals surface area contributed by atoms with Crippen LogP contribution in [-0.2, 0) is 12.3 Å². The predicted molar refractivity (Wildman–Crippen MR) is 127 cm³/mol. The Balaban J connectivity index is 1.57. The van der Waals surface area contributed by atoms with E-state index in [1.165, 1.54) is 0 Å². The molecule has 0 spiro atoms. The quantitative estimate of drug-likeness (QED) is 0.357. The van der Waals surface area contributed by atoms with Crippen LogP contribution in [0.15, 0.2) is 72.1 Å². The van der Waals surface area contributed by atoms with Gasteiger partial charge < -0.3 is 9.88 Å². The van der Waals surface area contributed by atoms with E-state index in [1.54, 1.807) is 18.0 Å². The van der Waals surface area contributed by atoms with Crippen LogP contribution in [0.1, 0.15) is 34.8 Å². The summed E-state index contributed by atoms with van der Waals surface area (Å²) in [6, 6.07) is 17.5. The van der Waals surface area contributed by atoms with E-state index in [4.69, 9.17) is 16.6 Å². The summed E-state index contributed by atoms with van der Waals surface area (Å²) >= 11 is 7.98. The van der Waals surface area contributed by atoms with Crippen molar-refractivity contribution < 1.29 is 4.79 Å². The van der Waals surface area contributed by atoms with Gasteiger partial charge in [0.2, 0.25) is 0 Å². The van der Waals surface area contributed by atoms with Gasteiger partial charge in [-0.15, -0.1) is 0 Å². The lowest BCUT2D eigenvalue weighted by Gasteiger charge is -2.10. The van der Waals surface area contributed by atoms with Gasteiger partial charge in [-0.25, -0.2) is 4.98 Å². The van der Waals surface area contributed by atoms with Crippen molar-refractivity contribution in [2.24, 2.45) is 0 Å². The zero-order valence-electron chi connectivity index (χ0n) is 17.2. The number of hydrogen-bond acceptors (Lipinski definition) is 4. The molecule has 31 heavy (non-hydrogen) atoms. The number of thioether (sulfide) groups is 1. The molecule has 1 amide bonds. The lowest BCUT2D eigenvalue weighted by atomic mass is 10.1. The van der Waals surface area contributed by atoms with Crippen LogP contribution in [0.25, 0.3) is 11.0 Å². The summed E-state index contributed by atoms with van der Waals surface area (Å²) < 4.78 is 2.16. The number of rotatable bonds is 8. The van der Waals surface area contributed by atoms with Crippen molar-refractivity contribution in [3.05, 3.63) is 88.7 Å². The third-order valence-corrected chi connectivity index (χ3v) is 6.32.